The molecule has 1 fully saturated rings. The second kappa shape index (κ2) is 6.54. The molecule has 0 radical (unpaired) electrons. The van der Waals surface area contributed by atoms with E-state index in [1.807, 2.05) is 12.1 Å². The van der Waals surface area contributed by atoms with E-state index in [0.29, 0.717) is 24.2 Å². The minimum absolute atomic E-state index is 0.0367. The Bertz CT molecular complexity index is 682. The van der Waals surface area contributed by atoms with Crippen molar-refractivity contribution in [2.75, 3.05) is 6.54 Å². The van der Waals surface area contributed by atoms with Gasteiger partial charge in [0, 0.05) is 30.5 Å². The van der Waals surface area contributed by atoms with Crippen LogP contribution in [0.25, 0.3) is 5.69 Å². The summed E-state index contributed by atoms with van der Waals surface area (Å²) in [6, 6.07) is 8.28. The summed E-state index contributed by atoms with van der Waals surface area (Å²) in [4.78, 5) is 14.4. The number of benzene rings is 1. The summed E-state index contributed by atoms with van der Waals surface area (Å²) >= 11 is 0. The molecule has 1 aromatic carbocycles. The topological polar surface area (TPSA) is 45.5 Å². The number of rotatable bonds is 4. The first-order valence-electron chi connectivity index (χ1n) is 7.98. The Balaban J connectivity index is 1.81. The largest absolute Gasteiger partial charge is 0.393 e. The average Bonchev–Trinajstić information content (AvgIpc) is 3.17. The molecule has 122 valence electrons. The van der Waals surface area contributed by atoms with Crippen molar-refractivity contribution in [3.63, 3.8) is 0 Å². The number of aliphatic hydroxyl groups excluding tert-OH is 1. The van der Waals surface area contributed by atoms with Crippen LogP contribution in [0, 0.1) is 5.82 Å². The molecule has 5 heteroatoms. The molecule has 2 unspecified atom stereocenters. The van der Waals surface area contributed by atoms with E-state index in [9.17, 15) is 14.3 Å². The fraction of sp³-hybridized carbons (Fsp3) is 0.389. The number of hydrogen-bond acceptors (Lipinski definition) is 2. The van der Waals surface area contributed by atoms with Gasteiger partial charge in [-0.15, -0.1) is 0 Å². The summed E-state index contributed by atoms with van der Waals surface area (Å²) in [7, 11) is 0. The van der Waals surface area contributed by atoms with Crippen LogP contribution in [-0.2, 0) is 0 Å². The van der Waals surface area contributed by atoms with Gasteiger partial charge in [-0.2, -0.15) is 0 Å². The van der Waals surface area contributed by atoms with Crippen LogP contribution < -0.4 is 0 Å². The van der Waals surface area contributed by atoms with Gasteiger partial charge in [-0.3, -0.25) is 4.79 Å². The van der Waals surface area contributed by atoms with E-state index in [0.717, 1.165) is 12.8 Å². The molecule has 23 heavy (non-hydrogen) atoms. The lowest BCUT2D eigenvalue weighted by atomic mass is 10.1. The number of likely N-dealkylation sites (tertiary alicyclic amines) is 1. The van der Waals surface area contributed by atoms with Gasteiger partial charge in [-0.05, 0) is 56.5 Å². The standard InChI is InChI=1S/C18H21FN2O2/c1-13(22)11-15-5-4-10-21(15)18(23)14-6-7-17(16(19)12-14)20-8-2-3-9-20/h2-3,6-9,12-13,15,22H,4-5,10-11H2,1H3. The summed E-state index contributed by atoms with van der Waals surface area (Å²) in [6.45, 7) is 2.39. The third-order valence-electron chi connectivity index (χ3n) is 4.33. The number of amides is 1. The average molecular weight is 316 g/mol. The Hall–Kier alpha value is -2.14. The highest BCUT2D eigenvalue weighted by molar-refractivity contribution is 5.94. The maximum atomic E-state index is 14.3. The molecule has 2 atom stereocenters. The summed E-state index contributed by atoms with van der Waals surface area (Å²) < 4.78 is 16.0. The Morgan fingerprint density at radius 1 is 1.39 bits per heavy atom. The molecular weight excluding hydrogens is 295 g/mol. The van der Waals surface area contributed by atoms with Crippen LogP contribution in [0.1, 0.15) is 36.5 Å². The normalized spacial score (nSPS) is 19.1. The number of aliphatic hydroxyl groups is 1. The van der Waals surface area contributed by atoms with Gasteiger partial charge in [0.2, 0.25) is 0 Å². The van der Waals surface area contributed by atoms with Crippen molar-refractivity contribution in [1.82, 2.24) is 9.47 Å². The minimum atomic E-state index is -0.443. The second-order valence-corrected chi connectivity index (χ2v) is 6.14. The molecule has 0 bridgehead atoms. The first kappa shape index (κ1) is 15.7. The smallest absolute Gasteiger partial charge is 0.254 e. The summed E-state index contributed by atoms with van der Waals surface area (Å²) in [5.41, 5.74) is 0.782. The Morgan fingerprint density at radius 3 is 2.78 bits per heavy atom. The minimum Gasteiger partial charge on any atom is -0.393 e. The molecule has 0 saturated carbocycles. The number of carbonyl (C=O) groups excluding carboxylic acids is 1. The fourth-order valence-corrected chi connectivity index (χ4v) is 3.25. The van der Waals surface area contributed by atoms with Gasteiger partial charge < -0.3 is 14.6 Å². The van der Waals surface area contributed by atoms with Crippen molar-refractivity contribution < 1.29 is 14.3 Å². The maximum absolute atomic E-state index is 14.3. The Labute approximate surface area is 135 Å². The van der Waals surface area contributed by atoms with Crippen molar-refractivity contribution in [3.05, 3.63) is 54.1 Å². The number of carbonyl (C=O) groups is 1. The molecule has 0 spiro atoms. The van der Waals surface area contributed by atoms with Gasteiger partial charge in [0.05, 0.1) is 11.8 Å². The molecular formula is C18H21FN2O2. The Kier molecular flexibility index (Phi) is 4.48. The van der Waals surface area contributed by atoms with E-state index in [1.54, 1.807) is 40.9 Å². The van der Waals surface area contributed by atoms with Crippen molar-refractivity contribution in [3.8, 4) is 5.69 Å². The summed E-state index contributed by atoms with van der Waals surface area (Å²) in [6.07, 6.45) is 5.46. The predicted molar refractivity (Wildman–Crippen MR) is 86.1 cm³/mol. The Morgan fingerprint density at radius 2 is 2.13 bits per heavy atom. The van der Waals surface area contributed by atoms with Crippen molar-refractivity contribution in [2.45, 2.75) is 38.3 Å². The van der Waals surface area contributed by atoms with Gasteiger partial charge in [0.15, 0.2) is 0 Å². The lowest BCUT2D eigenvalue weighted by molar-refractivity contribution is 0.0681. The number of nitrogens with zero attached hydrogens (tertiary/aromatic N) is 2. The first-order valence-corrected chi connectivity index (χ1v) is 7.98. The lowest BCUT2D eigenvalue weighted by Gasteiger charge is -2.26. The number of aromatic nitrogens is 1. The highest BCUT2D eigenvalue weighted by atomic mass is 19.1. The van der Waals surface area contributed by atoms with E-state index in [4.69, 9.17) is 0 Å². The van der Waals surface area contributed by atoms with Crippen LogP contribution in [0.5, 0.6) is 0 Å². The van der Waals surface area contributed by atoms with Gasteiger partial charge >= 0.3 is 0 Å². The predicted octanol–water partition coefficient (Wildman–Crippen LogP) is 2.99. The van der Waals surface area contributed by atoms with Crippen LogP contribution in [-0.4, -0.2) is 39.2 Å². The van der Waals surface area contributed by atoms with Crippen LogP contribution >= 0.6 is 0 Å². The van der Waals surface area contributed by atoms with E-state index < -0.39 is 11.9 Å². The van der Waals surface area contributed by atoms with E-state index in [1.165, 1.54) is 6.07 Å². The van der Waals surface area contributed by atoms with Gasteiger partial charge in [-0.25, -0.2) is 4.39 Å². The third-order valence-corrected chi connectivity index (χ3v) is 4.33. The molecule has 1 aliphatic rings. The van der Waals surface area contributed by atoms with Gasteiger partial charge in [0.1, 0.15) is 5.82 Å². The molecule has 0 aliphatic carbocycles. The van der Waals surface area contributed by atoms with Crippen LogP contribution in [0.15, 0.2) is 42.7 Å². The van der Waals surface area contributed by atoms with Crippen molar-refractivity contribution in [1.29, 1.82) is 0 Å². The van der Waals surface area contributed by atoms with E-state index in [-0.39, 0.29) is 11.9 Å². The van der Waals surface area contributed by atoms with Crippen molar-refractivity contribution in [2.24, 2.45) is 0 Å². The van der Waals surface area contributed by atoms with Gasteiger partial charge in [0.25, 0.3) is 5.91 Å². The molecule has 1 amide bonds. The van der Waals surface area contributed by atoms with Crippen LogP contribution in [0.3, 0.4) is 0 Å². The number of hydrogen-bond donors (Lipinski definition) is 1. The zero-order chi connectivity index (χ0) is 16.4. The molecule has 1 saturated heterocycles. The van der Waals surface area contributed by atoms with E-state index in [2.05, 4.69) is 0 Å². The van der Waals surface area contributed by atoms with Crippen molar-refractivity contribution >= 4 is 5.91 Å². The SMILES string of the molecule is CC(O)CC1CCCN1C(=O)c1ccc(-n2cccc2)c(F)c1. The molecule has 1 N–H and O–H groups in total. The molecule has 4 nitrogen and oxygen atoms in total. The quantitative estimate of drug-likeness (QED) is 0.942. The third kappa shape index (κ3) is 3.29. The maximum Gasteiger partial charge on any atom is 0.254 e. The van der Waals surface area contributed by atoms with Crippen LogP contribution in [0.4, 0.5) is 4.39 Å². The lowest BCUT2D eigenvalue weighted by Crippen LogP contribution is -2.37. The highest BCUT2D eigenvalue weighted by Gasteiger charge is 2.30. The molecule has 1 aliphatic heterocycles. The summed E-state index contributed by atoms with van der Waals surface area (Å²) in [5.74, 6) is -0.579. The van der Waals surface area contributed by atoms with E-state index >= 15 is 0 Å². The second-order valence-electron chi connectivity index (χ2n) is 6.14. The molecule has 3 rings (SSSR count). The molecule has 1 aromatic heterocycles. The molecule has 2 heterocycles. The van der Waals surface area contributed by atoms with Gasteiger partial charge in [-0.1, -0.05) is 0 Å². The first-order chi connectivity index (χ1) is 11.1. The monoisotopic (exact) mass is 316 g/mol. The van der Waals surface area contributed by atoms with Crippen LogP contribution in [0.2, 0.25) is 0 Å². The highest BCUT2D eigenvalue weighted by Crippen LogP contribution is 2.25. The summed E-state index contributed by atoms with van der Waals surface area (Å²) in [5, 5.41) is 9.57. The zero-order valence-corrected chi connectivity index (χ0v) is 13.2. The molecule has 2 aromatic rings. The number of halogens is 1. The zero-order valence-electron chi connectivity index (χ0n) is 13.2. The fourth-order valence-electron chi connectivity index (χ4n) is 3.25.